The molecule has 0 saturated carbocycles. The fourth-order valence-corrected chi connectivity index (χ4v) is 5.59. The van der Waals surface area contributed by atoms with E-state index in [4.69, 9.17) is 5.73 Å². The number of aryl methyl sites for hydroxylation is 2. The smallest absolute Gasteiger partial charge is 0.226 e. The maximum atomic E-state index is 13.0. The highest BCUT2D eigenvalue weighted by Crippen LogP contribution is 2.36. The van der Waals surface area contributed by atoms with Crippen LogP contribution in [0.3, 0.4) is 0 Å². The number of aromatic nitrogens is 2. The van der Waals surface area contributed by atoms with Gasteiger partial charge in [-0.3, -0.25) is 4.79 Å². The second-order valence-corrected chi connectivity index (χ2v) is 9.30. The van der Waals surface area contributed by atoms with Crippen LogP contribution in [0.25, 0.3) is 10.2 Å². The molecule has 2 aliphatic heterocycles. The van der Waals surface area contributed by atoms with E-state index in [-0.39, 0.29) is 18.3 Å². The Labute approximate surface area is 176 Å². The third-order valence-electron chi connectivity index (χ3n) is 6.37. The Bertz CT molecular complexity index is 848. The molecule has 0 aliphatic carbocycles. The number of nitrogens with zero attached hydrogens (tertiary/aromatic N) is 4. The molecule has 0 aromatic carbocycles. The Balaban J connectivity index is 0.00000225. The number of nitrogens with two attached hydrogens (primary N) is 1. The number of anilines is 1. The third kappa shape index (κ3) is 3.72. The summed E-state index contributed by atoms with van der Waals surface area (Å²) in [6.45, 7) is 9.70. The first-order valence-corrected chi connectivity index (χ1v) is 10.8. The summed E-state index contributed by atoms with van der Waals surface area (Å²) in [6, 6.07) is 0.321. The van der Waals surface area contributed by atoms with Gasteiger partial charge in [0.25, 0.3) is 0 Å². The Morgan fingerprint density at radius 1 is 1.29 bits per heavy atom. The van der Waals surface area contributed by atoms with Crippen LogP contribution in [-0.2, 0) is 4.79 Å². The topological polar surface area (TPSA) is 75.4 Å². The first-order valence-electron chi connectivity index (χ1n) is 9.95. The van der Waals surface area contributed by atoms with Crippen molar-refractivity contribution < 1.29 is 4.79 Å². The number of halogens is 1. The van der Waals surface area contributed by atoms with E-state index in [9.17, 15) is 4.79 Å². The van der Waals surface area contributed by atoms with E-state index in [2.05, 4.69) is 40.5 Å². The van der Waals surface area contributed by atoms with Crippen molar-refractivity contribution in [1.82, 2.24) is 14.9 Å². The number of amides is 1. The van der Waals surface area contributed by atoms with Gasteiger partial charge < -0.3 is 15.5 Å². The summed E-state index contributed by atoms with van der Waals surface area (Å²) < 4.78 is 0. The maximum Gasteiger partial charge on any atom is 0.226 e. The molecule has 8 heteroatoms. The van der Waals surface area contributed by atoms with Gasteiger partial charge in [-0.15, -0.1) is 23.7 Å². The Kier molecular flexibility index (Phi) is 6.47. The lowest BCUT2D eigenvalue weighted by molar-refractivity contribution is -0.136. The lowest BCUT2D eigenvalue weighted by atomic mass is 9.94. The van der Waals surface area contributed by atoms with Crippen LogP contribution in [0.2, 0.25) is 0 Å². The van der Waals surface area contributed by atoms with Crippen molar-refractivity contribution in [2.45, 2.75) is 46.1 Å². The van der Waals surface area contributed by atoms with Gasteiger partial charge in [-0.25, -0.2) is 9.97 Å². The molecule has 0 spiro atoms. The summed E-state index contributed by atoms with van der Waals surface area (Å²) in [5.74, 6) is 1.95. The predicted molar refractivity (Wildman–Crippen MR) is 117 cm³/mol. The van der Waals surface area contributed by atoms with E-state index in [1.54, 1.807) is 17.7 Å². The van der Waals surface area contributed by atoms with Gasteiger partial charge in [0.2, 0.25) is 5.91 Å². The van der Waals surface area contributed by atoms with Crippen LogP contribution >= 0.6 is 23.7 Å². The van der Waals surface area contributed by atoms with Crippen LogP contribution in [-0.4, -0.2) is 53.0 Å². The van der Waals surface area contributed by atoms with Crippen molar-refractivity contribution >= 4 is 45.7 Å². The zero-order chi connectivity index (χ0) is 19.1. The first-order chi connectivity index (χ1) is 13.0. The molecule has 2 N–H and O–H groups in total. The minimum absolute atomic E-state index is 0. The molecule has 2 saturated heterocycles. The van der Waals surface area contributed by atoms with Crippen molar-refractivity contribution in [2.75, 3.05) is 31.1 Å². The van der Waals surface area contributed by atoms with Crippen LogP contribution in [0, 0.1) is 25.7 Å². The number of hydrogen-bond donors (Lipinski definition) is 1. The molecule has 0 bridgehead atoms. The lowest BCUT2D eigenvalue weighted by Crippen LogP contribution is -2.44. The summed E-state index contributed by atoms with van der Waals surface area (Å²) in [4.78, 5) is 28.8. The van der Waals surface area contributed by atoms with Crippen LogP contribution in [0.5, 0.6) is 0 Å². The zero-order valence-electron chi connectivity index (χ0n) is 16.9. The van der Waals surface area contributed by atoms with Crippen LogP contribution in [0.4, 0.5) is 5.82 Å². The summed E-state index contributed by atoms with van der Waals surface area (Å²) >= 11 is 1.73. The second kappa shape index (κ2) is 8.51. The summed E-state index contributed by atoms with van der Waals surface area (Å²) in [5.41, 5.74) is 7.10. The standard InChI is InChI=1S/C20H29N5OS.ClH/c1-12-8-15(9-21)10-25(12)20(26)16-4-6-24(7-5-16)18-17-13(2)14(3)27-19(17)23-11-22-18;/h11-12,15-16H,4-10,21H2,1-3H3;1H. The van der Waals surface area contributed by atoms with Gasteiger partial charge >= 0.3 is 0 Å². The van der Waals surface area contributed by atoms with Crippen LogP contribution < -0.4 is 10.6 Å². The van der Waals surface area contributed by atoms with E-state index in [0.717, 1.165) is 49.5 Å². The van der Waals surface area contributed by atoms with Crippen LogP contribution in [0.1, 0.15) is 36.6 Å². The van der Waals surface area contributed by atoms with Crippen molar-refractivity contribution in [2.24, 2.45) is 17.6 Å². The van der Waals surface area contributed by atoms with Gasteiger partial charge in [-0.2, -0.15) is 0 Å². The number of likely N-dealkylation sites (tertiary alicyclic amines) is 1. The number of carbonyl (C=O) groups is 1. The average molecular weight is 424 g/mol. The molecule has 0 radical (unpaired) electrons. The highest BCUT2D eigenvalue weighted by molar-refractivity contribution is 7.18. The molecule has 2 aromatic heterocycles. The fourth-order valence-electron chi connectivity index (χ4n) is 4.60. The number of piperidine rings is 1. The van der Waals surface area contributed by atoms with E-state index in [1.165, 1.54) is 15.8 Å². The number of thiophene rings is 1. The molecule has 2 aliphatic rings. The molecule has 1 amide bonds. The van der Waals surface area contributed by atoms with Crippen molar-refractivity contribution in [3.8, 4) is 0 Å². The van der Waals surface area contributed by atoms with Gasteiger partial charge in [0.1, 0.15) is 17.0 Å². The number of fused-ring (bicyclic) bond motifs is 1. The highest BCUT2D eigenvalue weighted by atomic mass is 35.5. The zero-order valence-corrected chi connectivity index (χ0v) is 18.5. The van der Waals surface area contributed by atoms with E-state index in [0.29, 0.717) is 24.4 Å². The van der Waals surface area contributed by atoms with Crippen molar-refractivity contribution in [1.29, 1.82) is 0 Å². The van der Waals surface area contributed by atoms with Gasteiger partial charge in [0.05, 0.1) is 5.39 Å². The second-order valence-electron chi connectivity index (χ2n) is 8.10. The molecule has 4 rings (SSSR count). The van der Waals surface area contributed by atoms with E-state index < -0.39 is 0 Å². The molecule has 4 heterocycles. The summed E-state index contributed by atoms with van der Waals surface area (Å²) in [7, 11) is 0. The minimum Gasteiger partial charge on any atom is -0.356 e. The molecule has 2 atom stereocenters. The van der Waals surface area contributed by atoms with Crippen molar-refractivity contribution in [3.63, 3.8) is 0 Å². The largest absolute Gasteiger partial charge is 0.356 e. The minimum atomic E-state index is 0. The van der Waals surface area contributed by atoms with Crippen LogP contribution in [0.15, 0.2) is 6.33 Å². The van der Waals surface area contributed by atoms with Gasteiger partial charge in [-0.1, -0.05) is 0 Å². The Morgan fingerprint density at radius 3 is 2.64 bits per heavy atom. The van der Waals surface area contributed by atoms with E-state index in [1.807, 2.05) is 0 Å². The predicted octanol–water partition coefficient (Wildman–Crippen LogP) is 3.14. The fraction of sp³-hybridized carbons (Fsp3) is 0.650. The van der Waals surface area contributed by atoms with Gasteiger partial charge in [0, 0.05) is 36.5 Å². The highest BCUT2D eigenvalue weighted by Gasteiger charge is 2.36. The maximum absolute atomic E-state index is 13.0. The van der Waals surface area contributed by atoms with Gasteiger partial charge in [-0.05, 0) is 58.1 Å². The monoisotopic (exact) mass is 423 g/mol. The SMILES string of the molecule is Cc1sc2ncnc(N3CCC(C(=O)N4CC(CN)CC4C)CC3)c2c1C.Cl. The molecule has 28 heavy (non-hydrogen) atoms. The Morgan fingerprint density at radius 2 is 2.00 bits per heavy atom. The number of hydrogen-bond acceptors (Lipinski definition) is 6. The Hall–Kier alpha value is -1.44. The summed E-state index contributed by atoms with van der Waals surface area (Å²) in [6.07, 6.45) is 4.49. The quantitative estimate of drug-likeness (QED) is 0.820. The molecule has 2 fully saturated rings. The molecular weight excluding hydrogens is 394 g/mol. The molecular formula is C20H30ClN5OS. The number of carbonyl (C=O) groups excluding carboxylic acids is 1. The third-order valence-corrected chi connectivity index (χ3v) is 7.48. The van der Waals surface area contributed by atoms with Crippen molar-refractivity contribution in [3.05, 3.63) is 16.8 Å². The molecule has 2 unspecified atom stereocenters. The number of rotatable bonds is 3. The molecule has 2 aromatic rings. The van der Waals surface area contributed by atoms with E-state index >= 15 is 0 Å². The molecule has 6 nitrogen and oxygen atoms in total. The normalized spacial score (nSPS) is 23.3. The van der Waals surface area contributed by atoms with Gasteiger partial charge in [0.15, 0.2) is 0 Å². The average Bonchev–Trinajstić information content (AvgIpc) is 3.21. The summed E-state index contributed by atoms with van der Waals surface area (Å²) in [5, 5.41) is 1.18. The molecule has 154 valence electrons. The lowest BCUT2D eigenvalue weighted by Gasteiger charge is -2.35. The first kappa shape index (κ1) is 21.3.